The van der Waals surface area contributed by atoms with Gasteiger partial charge in [0.1, 0.15) is 5.82 Å². The van der Waals surface area contributed by atoms with Crippen molar-refractivity contribution in [1.29, 1.82) is 0 Å². The lowest BCUT2D eigenvalue weighted by atomic mass is 10.4. The van der Waals surface area contributed by atoms with Gasteiger partial charge in [0.25, 0.3) is 0 Å². The van der Waals surface area contributed by atoms with Gasteiger partial charge in [-0.3, -0.25) is 0 Å². The lowest BCUT2D eigenvalue weighted by Gasteiger charge is -1.87. The standard InChI is InChI=1S/C8H9N5S3/c1-9-6-11-12-8(14-6)15-7-10-5(13-16-7)4-2-3-4/h4H,2-3H2,1H3,(H,9,11). The van der Waals surface area contributed by atoms with Crippen molar-refractivity contribution in [2.24, 2.45) is 0 Å². The van der Waals surface area contributed by atoms with Crippen molar-refractivity contribution in [3.8, 4) is 0 Å². The van der Waals surface area contributed by atoms with E-state index in [1.54, 1.807) is 0 Å². The van der Waals surface area contributed by atoms with Crippen molar-refractivity contribution in [2.75, 3.05) is 12.4 Å². The lowest BCUT2D eigenvalue weighted by molar-refractivity contribution is 0.956. The molecule has 0 aliphatic heterocycles. The smallest absolute Gasteiger partial charge is 0.206 e. The number of rotatable bonds is 4. The monoisotopic (exact) mass is 271 g/mol. The topological polar surface area (TPSA) is 63.6 Å². The third kappa shape index (κ3) is 2.18. The van der Waals surface area contributed by atoms with Crippen LogP contribution < -0.4 is 5.32 Å². The van der Waals surface area contributed by atoms with Gasteiger partial charge in [-0.1, -0.05) is 11.3 Å². The number of anilines is 1. The van der Waals surface area contributed by atoms with Crippen LogP contribution in [0.25, 0.3) is 0 Å². The lowest BCUT2D eigenvalue weighted by Crippen LogP contribution is -1.84. The fourth-order valence-corrected chi connectivity index (χ4v) is 3.79. The van der Waals surface area contributed by atoms with Crippen LogP contribution in [-0.2, 0) is 0 Å². The average molecular weight is 271 g/mol. The second-order valence-corrected chi connectivity index (χ2v) is 6.64. The molecule has 8 heteroatoms. The summed E-state index contributed by atoms with van der Waals surface area (Å²) in [4.78, 5) is 4.49. The van der Waals surface area contributed by atoms with Gasteiger partial charge in [0, 0.05) is 13.0 Å². The van der Waals surface area contributed by atoms with E-state index in [4.69, 9.17) is 0 Å². The zero-order valence-corrected chi connectivity index (χ0v) is 11.0. The predicted octanol–water partition coefficient (Wildman–Crippen LogP) is 2.46. The first-order chi connectivity index (χ1) is 7.85. The second kappa shape index (κ2) is 4.27. The Hall–Kier alpha value is -0.730. The summed E-state index contributed by atoms with van der Waals surface area (Å²) in [7, 11) is 1.84. The Morgan fingerprint density at radius 1 is 1.31 bits per heavy atom. The van der Waals surface area contributed by atoms with E-state index in [9.17, 15) is 0 Å². The van der Waals surface area contributed by atoms with Crippen molar-refractivity contribution < 1.29 is 0 Å². The van der Waals surface area contributed by atoms with Gasteiger partial charge in [-0.2, -0.15) is 4.37 Å². The van der Waals surface area contributed by atoms with Gasteiger partial charge in [0.2, 0.25) is 5.13 Å². The van der Waals surface area contributed by atoms with Gasteiger partial charge in [-0.25, -0.2) is 4.98 Å². The maximum absolute atomic E-state index is 4.49. The first-order valence-corrected chi connectivity index (χ1v) is 7.28. The molecule has 0 atom stereocenters. The third-order valence-electron chi connectivity index (χ3n) is 2.16. The van der Waals surface area contributed by atoms with Gasteiger partial charge in [-0.15, -0.1) is 10.2 Å². The van der Waals surface area contributed by atoms with Crippen molar-refractivity contribution >= 4 is 39.8 Å². The zero-order chi connectivity index (χ0) is 11.0. The first-order valence-electron chi connectivity index (χ1n) is 4.88. The largest absolute Gasteiger partial charge is 0.363 e. The van der Waals surface area contributed by atoms with Gasteiger partial charge in [-0.05, 0) is 36.1 Å². The van der Waals surface area contributed by atoms with E-state index >= 15 is 0 Å². The SMILES string of the molecule is CNc1nnc(Sc2nc(C3CC3)ns2)s1. The van der Waals surface area contributed by atoms with Crippen LogP contribution >= 0.6 is 34.6 Å². The Morgan fingerprint density at radius 3 is 2.88 bits per heavy atom. The predicted molar refractivity (Wildman–Crippen MR) is 65.5 cm³/mol. The Balaban J connectivity index is 1.72. The Bertz CT molecular complexity index is 489. The van der Waals surface area contributed by atoms with E-state index in [2.05, 4.69) is 24.9 Å². The van der Waals surface area contributed by atoms with Crippen LogP contribution in [0.5, 0.6) is 0 Å². The number of hydrogen-bond donors (Lipinski definition) is 1. The Kier molecular flexibility index (Phi) is 2.78. The summed E-state index contributed by atoms with van der Waals surface area (Å²) >= 11 is 4.52. The molecule has 3 rings (SSSR count). The first kappa shape index (κ1) is 10.4. The molecule has 2 heterocycles. The fraction of sp³-hybridized carbons (Fsp3) is 0.500. The van der Waals surface area contributed by atoms with Crippen LogP contribution in [0.1, 0.15) is 24.6 Å². The molecule has 1 N–H and O–H groups in total. The molecule has 1 fully saturated rings. The molecule has 5 nitrogen and oxygen atoms in total. The fourth-order valence-electron chi connectivity index (χ4n) is 1.20. The molecule has 84 valence electrons. The molecule has 2 aromatic heterocycles. The summed E-state index contributed by atoms with van der Waals surface area (Å²) in [5.74, 6) is 1.62. The summed E-state index contributed by atoms with van der Waals surface area (Å²) in [5, 5.41) is 11.8. The molecule has 0 bridgehead atoms. The van der Waals surface area contributed by atoms with Crippen molar-refractivity contribution in [1.82, 2.24) is 19.6 Å². The minimum absolute atomic E-state index is 0.618. The Morgan fingerprint density at radius 2 is 2.19 bits per heavy atom. The minimum Gasteiger partial charge on any atom is -0.363 e. The molecule has 0 amide bonds. The van der Waals surface area contributed by atoms with E-state index < -0.39 is 0 Å². The second-order valence-electron chi connectivity index (χ2n) is 3.42. The maximum atomic E-state index is 4.49. The summed E-state index contributed by atoms with van der Waals surface area (Å²) < 4.78 is 6.22. The van der Waals surface area contributed by atoms with Crippen molar-refractivity contribution in [3.05, 3.63) is 5.82 Å². The molecule has 0 saturated heterocycles. The van der Waals surface area contributed by atoms with E-state index in [0.717, 1.165) is 19.6 Å². The highest BCUT2D eigenvalue weighted by Gasteiger charge is 2.28. The summed E-state index contributed by atoms with van der Waals surface area (Å²) in [6.07, 6.45) is 2.48. The maximum Gasteiger partial charge on any atom is 0.206 e. The molecule has 0 unspecified atom stereocenters. The third-order valence-corrected chi connectivity index (χ3v) is 4.92. The average Bonchev–Trinajstić information content (AvgIpc) is 2.88. The molecule has 1 saturated carbocycles. The van der Waals surface area contributed by atoms with E-state index in [1.165, 1.54) is 47.5 Å². The molecule has 0 radical (unpaired) electrons. The molecule has 1 aliphatic carbocycles. The summed E-state index contributed by atoms with van der Waals surface area (Å²) in [6, 6.07) is 0. The normalized spacial score (nSPS) is 15.3. The quantitative estimate of drug-likeness (QED) is 0.921. The number of aromatic nitrogens is 4. The van der Waals surface area contributed by atoms with Crippen LogP contribution in [0.15, 0.2) is 8.68 Å². The van der Waals surface area contributed by atoms with Gasteiger partial charge in [0.05, 0.1) is 0 Å². The minimum atomic E-state index is 0.618. The van der Waals surface area contributed by atoms with Gasteiger partial charge >= 0.3 is 0 Å². The number of hydrogen-bond acceptors (Lipinski definition) is 8. The van der Waals surface area contributed by atoms with Crippen molar-refractivity contribution in [3.63, 3.8) is 0 Å². The van der Waals surface area contributed by atoms with Crippen LogP contribution in [0.4, 0.5) is 5.13 Å². The van der Waals surface area contributed by atoms with Crippen LogP contribution in [-0.4, -0.2) is 26.6 Å². The van der Waals surface area contributed by atoms with E-state index in [-0.39, 0.29) is 0 Å². The number of nitrogens with one attached hydrogen (secondary N) is 1. The van der Waals surface area contributed by atoms with E-state index in [1.807, 2.05) is 7.05 Å². The molecule has 16 heavy (non-hydrogen) atoms. The van der Waals surface area contributed by atoms with Gasteiger partial charge < -0.3 is 5.32 Å². The molecule has 0 aromatic carbocycles. The molecule has 1 aliphatic rings. The molecule has 2 aromatic rings. The summed E-state index contributed by atoms with van der Waals surface area (Å²) in [5.41, 5.74) is 0. The highest BCUT2D eigenvalue weighted by molar-refractivity contribution is 8.02. The van der Waals surface area contributed by atoms with Crippen LogP contribution in [0, 0.1) is 0 Å². The number of nitrogens with zero attached hydrogens (tertiary/aromatic N) is 4. The van der Waals surface area contributed by atoms with Crippen LogP contribution in [0.3, 0.4) is 0 Å². The van der Waals surface area contributed by atoms with Gasteiger partial charge in [0.15, 0.2) is 8.68 Å². The Labute approximate surface area is 105 Å². The highest BCUT2D eigenvalue weighted by atomic mass is 32.2. The zero-order valence-electron chi connectivity index (χ0n) is 8.51. The molecular weight excluding hydrogens is 262 g/mol. The van der Waals surface area contributed by atoms with Crippen molar-refractivity contribution in [2.45, 2.75) is 27.4 Å². The van der Waals surface area contributed by atoms with Crippen LogP contribution in [0.2, 0.25) is 0 Å². The highest BCUT2D eigenvalue weighted by Crippen LogP contribution is 2.41. The molecule has 0 spiro atoms. The summed E-state index contributed by atoms with van der Waals surface area (Å²) in [6.45, 7) is 0. The molecular formula is C8H9N5S3. The van der Waals surface area contributed by atoms with E-state index in [0.29, 0.717) is 5.92 Å².